The van der Waals surface area contributed by atoms with Gasteiger partial charge < -0.3 is 4.74 Å². The molecular weight excluding hydrogens is 298 g/mol. The molecule has 0 N–H and O–H groups in total. The second-order valence-corrected chi connectivity index (χ2v) is 3.51. The van der Waals surface area contributed by atoms with Crippen molar-refractivity contribution >= 4 is 21.9 Å². The first-order valence-corrected chi connectivity index (χ1v) is 5.53. The molecule has 0 saturated carbocycles. The number of nitrogens with zero attached hydrogens (tertiary/aromatic N) is 2. The zero-order valence-electron chi connectivity index (χ0n) is 8.71. The van der Waals surface area contributed by atoms with Crippen LogP contribution in [0.3, 0.4) is 0 Å². The van der Waals surface area contributed by atoms with Crippen molar-refractivity contribution in [3.05, 3.63) is 28.6 Å². The van der Waals surface area contributed by atoms with Crippen molar-refractivity contribution in [1.82, 2.24) is 4.98 Å². The molecule has 0 radical (unpaired) electrons. The third-order valence-corrected chi connectivity index (χ3v) is 2.63. The number of rotatable bonds is 3. The van der Waals surface area contributed by atoms with Crippen LogP contribution in [-0.2, 0) is 10.1 Å². The SMILES string of the molecule is COC(=O)c1c(C(F)F)cnc(C#N)c1CBr. The number of hydrogen-bond acceptors (Lipinski definition) is 4. The molecule has 1 heterocycles. The topological polar surface area (TPSA) is 63.0 Å². The average molecular weight is 305 g/mol. The van der Waals surface area contributed by atoms with Crippen LogP contribution in [0.5, 0.6) is 0 Å². The van der Waals surface area contributed by atoms with E-state index in [0.717, 1.165) is 13.3 Å². The molecule has 7 heteroatoms. The Morgan fingerprint density at radius 2 is 2.35 bits per heavy atom. The lowest BCUT2D eigenvalue weighted by molar-refractivity contribution is 0.0588. The highest BCUT2D eigenvalue weighted by molar-refractivity contribution is 9.08. The number of esters is 1. The van der Waals surface area contributed by atoms with E-state index in [4.69, 9.17) is 5.26 Å². The number of alkyl halides is 3. The van der Waals surface area contributed by atoms with Crippen molar-refractivity contribution in [2.24, 2.45) is 0 Å². The summed E-state index contributed by atoms with van der Waals surface area (Å²) in [4.78, 5) is 15.1. The molecule has 1 aromatic heterocycles. The predicted octanol–water partition coefficient (Wildman–Crippen LogP) is 2.57. The highest BCUT2D eigenvalue weighted by Gasteiger charge is 2.25. The van der Waals surface area contributed by atoms with E-state index < -0.39 is 18.0 Å². The lowest BCUT2D eigenvalue weighted by Crippen LogP contribution is -2.12. The summed E-state index contributed by atoms with van der Waals surface area (Å²) in [7, 11) is 1.09. The Hall–Kier alpha value is -1.55. The van der Waals surface area contributed by atoms with Gasteiger partial charge in [0.15, 0.2) is 0 Å². The van der Waals surface area contributed by atoms with E-state index in [0.29, 0.717) is 0 Å². The van der Waals surface area contributed by atoms with Crippen LogP contribution in [0.2, 0.25) is 0 Å². The first-order chi connectivity index (χ1) is 8.06. The fourth-order valence-corrected chi connectivity index (χ4v) is 1.85. The predicted molar refractivity (Wildman–Crippen MR) is 57.9 cm³/mol. The summed E-state index contributed by atoms with van der Waals surface area (Å²) < 4.78 is 29.9. The number of nitriles is 1. The maximum Gasteiger partial charge on any atom is 0.338 e. The summed E-state index contributed by atoms with van der Waals surface area (Å²) in [5.74, 6) is -0.909. The molecule has 0 spiro atoms. The zero-order chi connectivity index (χ0) is 13.0. The number of aromatic nitrogens is 1. The van der Waals surface area contributed by atoms with Gasteiger partial charge in [-0.05, 0) is 0 Å². The summed E-state index contributed by atoms with van der Waals surface area (Å²) >= 11 is 3.04. The van der Waals surface area contributed by atoms with Crippen molar-refractivity contribution in [3.63, 3.8) is 0 Å². The molecule has 4 nitrogen and oxygen atoms in total. The van der Waals surface area contributed by atoms with Gasteiger partial charge in [0.1, 0.15) is 11.8 Å². The number of halogens is 3. The molecule has 17 heavy (non-hydrogen) atoms. The van der Waals surface area contributed by atoms with E-state index in [2.05, 4.69) is 25.7 Å². The fourth-order valence-electron chi connectivity index (χ4n) is 1.30. The zero-order valence-corrected chi connectivity index (χ0v) is 10.3. The summed E-state index contributed by atoms with van der Waals surface area (Å²) in [6, 6.07) is 1.74. The van der Waals surface area contributed by atoms with Gasteiger partial charge in [-0.1, -0.05) is 15.9 Å². The minimum Gasteiger partial charge on any atom is -0.465 e. The fraction of sp³-hybridized carbons (Fsp3) is 0.300. The number of ether oxygens (including phenoxy) is 1. The molecule has 90 valence electrons. The molecule has 0 saturated heterocycles. The molecule has 1 aromatic rings. The van der Waals surface area contributed by atoms with E-state index >= 15 is 0 Å². The van der Waals surface area contributed by atoms with Crippen molar-refractivity contribution < 1.29 is 18.3 Å². The lowest BCUT2D eigenvalue weighted by atomic mass is 10.0. The molecule has 0 atom stereocenters. The Balaban J connectivity index is 3.57. The molecule has 0 fully saturated rings. The van der Waals surface area contributed by atoms with Gasteiger partial charge in [-0.2, -0.15) is 5.26 Å². The van der Waals surface area contributed by atoms with E-state index in [1.165, 1.54) is 0 Å². The normalized spacial score (nSPS) is 10.1. The van der Waals surface area contributed by atoms with Gasteiger partial charge in [0.05, 0.1) is 18.2 Å². The largest absolute Gasteiger partial charge is 0.465 e. The van der Waals surface area contributed by atoms with Crippen LogP contribution < -0.4 is 0 Å². The number of carbonyl (C=O) groups is 1. The summed E-state index contributed by atoms with van der Waals surface area (Å²) in [5, 5.41) is 8.85. The van der Waals surface area contributed by atoms with E-state index in [9.17, 15) is 13.6 Å². The Morgan fingerprint density at radius 3 is 2.76 bits per heavy atom. The minimum atomic E-state index is -2.86. The minimum absolute atomic E-state index is 0.0634. The van der Waals surface area contributed by atoms with E-state index in [1.54, 1.807) is 6.07 Å². The number of carbonyl (C=O) groups excluding carboxylic acids is 1. The van der Waals surface area contributed by atoms with Crippen molar-refractivity contribution in [2.45, 2.75) is 11.8 Å². The standard InChI is InChI=1S/C10H7BrF2N2O2/c1-17-10(16)8-5(2-11)7(3-14)15-4-6(8)9(12)13/h4,9H,2H2,1H3. The molecule has 0 aliphatic heterocycles. The van der Waals surface area contributed by atoms with E-state index in [1.807, 2.05) is 0 Å². The Bertz CT molecular complexity index is 486. The average Bonchev–Trinajstić information content (AvgIpc) is 2.35. The van der Waals surface area contributed by atoms with Gasteiger partial charge >= 0.3 is 5.97 Å². The Morgan fingerprint density at radius 1 is 1.71 bits per heavy atom. The second kappa shape index (κ2) is 5.68. The Kier molecular flexibility index (Phi) is 4.52. The molecule has 0 aliphatic rings. The number of methoxy groups -OCH3 is 1. The molecule has 0 unspecified atom stereocenters. The van der Waals surface area contributed by atoms with Crippen molar-refractivity contribution in [3.8, 4) is 6.07 Å². The molecule has 0 bridgehead atoms. The monoisotopic (exact) mass is 304 g/mol. The third kappa shape index (κ3) is 2.58. The van der Waals surface area contributed by atoms with Crippen LogP contribution in [0.1, 0.15) is 33.6 Å². The van der Waals surface area contributed by atoms with Gasteiger partial charge in [0, 0.05) is 17.1 Å². The lowest BCUT2D eigenvalue weighted by Gasteiger charge is -2.11. The molecule has 1 rings (SSSR count). The maximum absolute atomic E-state index is 12.7. The molecular formula is C10H7BrF2N2O2. The highest BCUT2D eigenvalue weighted by atomic mass is 79.9. The van der Waals surface area contributed by atoms with Crippen molar-refractivity contribution in [1.29, 1.82) is 5.26 Å². The van der Waals surface area contributed by atoms with Crippen LogP contribution in [-0.4, -0.2) is 18.1 Å². The Labute approximate surface area is 104 Å². The first-order valence-electron chi connectivity index (χ1n) is 4.41. The van der Waals surface area contributed by atoms with Gasteiger partial charge in [-0.15, -0.1) is 0 Å². The van der Waals surface area contributed by atoms with Crippen LogP contribution in [0.15, 0.2) is 6.20 Å². The van der Waals surface area contributed by atoms with Crippen LogP contribution in [0.25, 0.3) is 0 Å². The van der Waals surface area contributed by atoms with Crippen molar-refractivity contribution in [2.75, 3.05) is 7.11 Å². The van der Waals surface area contributed by atoms with Crippen LogP contribution >= 0.6 is 15.9 Å². The van der Waals surface area contributed by atoms with Gasteiger partial charge in [-0.3, -0.25) is 0 Å². The first kappa shape index (κ1) is 13.5. The van der Waals surface area contributed by atoms with Crippen LogP contribution in [0, 0.1) is 11.3 Å². The quantitative estimate of drug-likeness (QED) is 0.636. The maximum atomic E-state index is 12.7. The third-order valence-electron chi connectivity index (χ3n) is 2.07. The van der Waals surface area contributed by atoms with E-state index in [-0.39, 0.29) is 22.2 Å². The second-order valence-electron chi connectivity index (χ2n) is 2.95. The number of pyridine rings is 1. The summed E-state index contributed by atoms with van der Waals surface area (Å²) in [5.41, 5.74) is -0.806. The molecule has 0 amide bonds. The van der Waals surface area contributed by atoms with Crippen LogP contribution in [0.4, 0.5) is 8.78 Å². The molecule has 0 aliphatic carbocycles. The number of hydrogen-bond donors (Lipinski definition) is 0. The summed E-state index contributed by atoms with van der Waals surface area (Å²) in [6.45, 7) is 0. The van der Waals surface area contributed by atoms with Gasteiger partial charge in [-0.25, -0.2) is 18.6 Å². The smallest absolute Gasteiger partial charge is 0.338 e. The van der Waals surface area contributed by atoms with Gasteiger partial charge in [0.2, 0.25) is 0 Å². The summed E-state index contributed by atoms with van der Waals surface area (Å²) in [6.07, 6.45) is -2.04. The molecule has 0 aromatic carbocycles. The highest BCUT2D eigenvalue weighted by Crippen LogP contribution is 2.28. The van der Waals surface area contributed by atoms with Gasteiger partial charge in [0.25, 0.3) is 6.43 Å².